The molecule has 2 rings (SSSR count). The van der Waals surface area contributed by atoms with E-state index in [2.05, 4.69) is 9.97 Å². The molecule has 88 valence electrons. The van der Waals surface area contributed by atoms with E-state index in [0.717, 1.165) is 16.3 Å². The van der Waals surface area contributed by atoms with Crippen LogP contribution in [0.5, 0.6) is 5.88 Å². The predicted octanol–water partition coefficient (Wildman–Crippen LogP) is 2.53. The van der Waals surface area contributed by atoms with E-state index in [1.807, 2.05) is 31.2 Å². The van der Waals surface area contributed by atoms with Gasteiger partial charge in [0.2, 0.25) is 5.88 Å². The first-order chi connectivity index (χ1) is 8.17. The van der Waals surface area contributed by atoms with Gasteiger partial charge in [-0.15, -0.1) is 0 Å². The molecular formula is C12H13N3OS. The fraction of sp³-hybridized carbons (Fsp3) is 0.167. The molecule has 0 aliphatic heterocycles. The molecule has 0 aliphatic rings. The average Bonchev–Trinajstić information content (AvgIpc) is 2.31. The highest BCUT2D eigenvalue weighted by atomic mass is 32.2. The average molecular weight is 247 g/mol. The first-order valence-corrected chi connectivity index (χ1v) is 5.92. The van der Waals surface area contributed by atoms with Crippen LogP contribution in [0, 0.1) is 6.92 Å². The molecule has 0 saturated heterocycles. The van der Waals surface area contributed by atoms with Gasteiger partial charge >= 0.3 is 0 Å². The minimum atomic E-state index is 0.579. The van der Waals surface area contributed by atoms with Crippen LogP contribution in [0.4, 0.5) is 5.69 Å². The fourth-order valence-electron chi connectivity index (χ4n) is 1.30. The van der Waals surface area contributed by atoms with E-state index in [1.165, 1.54) is 11.8 Å². The number of aryl methyl sites for hydroxylation is 1. The highest BCUT2D eigenvalue weighted by Gasteiger charge is 2.04. The molecule has 0 amide bonds. The second-order valence-electron chi connectivity index (χ2n) is 3.51. The number of hydrogen-bond acceptors (Lipinski definition) is 5. The summed E-state index contributed by atoms with van der Waals surface area (Å²) in [6, 6.07) is 9.40. The van der Waals surface area contributed by atoms with Gasteiger partial charge in [0.15, 0.2) is 5.16 Å². The lowest BCUT2D eigenvalue weighted by molar-refractivity contribution is 0.391. The Kier molecular flexibility index (Phi) is 3.49. The zero-order valence-corrected chi connectivity index (χ0v) is 10.5. The Hall–Kier alpha value is -1.75. The van der Waals surface area contributed by atoms with Crippen LogP contribution in [-0.2, 0) is 0 Å². The van der Waals surface area contributed by atoms with E-state index >= 15 is 0 Å². The third-order valence-electron chi connectivity index (χ3n) is 2.11. The lowest BCUT2D eigenvalue weighted by Gasteiger charge is -2.04. The van der Waals surface area contributed by atoms with E-state index in [1.54, 1.807) is 13.2 Å². The number of nitrogens with two attached hydrogens (primary N) is 1. The van der Waals surface area contributed by atoms with Gasteiger partial charge in [-0.05, 0) is 43.0 Å². The highest BCUT2D eigenvalue weighted by molar-refractivity contribution is 7.99. The van der Waals surface area contributed by atoms with Crippen molar-refractivity contribution >= 4 is 17.4 Å². The molecular weight excluding hydrogens is 234 g/mol. The zero-order valence-electron chi connectivity index (χ0n) is 9.68. The molecule has 0 radical (unpaired) electrons. The minimum Gasteiger partial charge on any atom is -0.481 e. The van der Waals surface area contributed by atoms with Crippen molar-refractivity contribution in [2.75, 3.05) is 12.8 Å². The number of benzene rings is 1. The van der Waals surface area contributed by atoms with Crippen molar-refractivity contribution in [3.05, 3.63) is 36.0 Å². The number of anilines is 1. The summed E-state index contributed by atoms with van der Waals surface area (Å²) < 4.78 is 5.11. The van der Waals surface area contributed by atoms with E-state index in [0.29, 0.717) is 11.0 Å². The van der Waals surface area contributed by atoms with Crippen molar-refractivity contribution < 1.29 is 4.74 Å². The second-order valence-corrected chi connectivity index (χ2v) is 4.55. The van der Waals surface area contributed by atoms with E-state index in [4.69, 9.17) is 10.5 Å². The minimum absolute atomic E-state index is 0.579. The SMILES string of the molecule is COc1cc(C)nc(Sc2ccc(N)cc2)n1. The number of hydrogen-bond donors (Lipinski definition) is 1. The topological polar surface area (TPSA) is 61.0 Å². The van der Waals surface area contributed by atoms with Gasteiger partial charge in [-0.1, -0.05) is 0 Å². The van der Waals surface area contributed by atoms with Crippen LogP contribution in [0.3, 0.4) is 0 Å². The molecule has 4 nitrogen and oxygen atoms in total. The van der Waals surface area contributed by atoms with Crippen LogP contribution >= 0.6 is 11.8 Å². The summed E-state index contributed by atoms with van der Waals surface area (Å²) in [6.45, 7) is 1.91. The molecule has 1 heterocycles. The third-order valence-corrected chi connectivity index (χ3v) is 2.98. The Balaban J connectivity index is 2.23. The standard InChI is InChI=1S/C12H13N3OS/c1-8-7-11(16-2)15-12(14-8)17-10-5-3-9(13)4-6-10/h3-7H,13H2,1-2H3. The zero-order chi connectivity index (χ0) is 12.3. The molecule has 2 aromatic rings. The van der Waals surface area contributed by atoms with Crippen molar-refractivity contribution in [3.63, 3.8) is 0 Å². The summed E-state index contributed by atoms with van der Waals surface area (Å²) in [6.07, 6.45) is 0. The van der Waals surface area contributed by atoms with E-state index in [9.17, 15) is 0 Å². The van der Waals surface area contributed by atoms with Crippen LogP contribution in [-0.4, -0.2) is 17.1 Å². The smallest absolute Gasteiger partial charge is 0.217 e. The van der Waals surface area contributed by atoms with Crippen LogP contribution in [0.2, 0.25) is 0 Å². The summed E-state index contributed by atoms with van der Waals surface area (Å²) in [4.78, 5) is 9.66. The lowest BCUT2D eigenvalue weighted by Crippen LogP contribution is -1.94. The molecule has 0 bridgehead atoms. The maximum absolute atomic E-state index is 5.63. The first-order valence-electron chi connectivity index (χ1n) is 5.10. The van der Waals surface area contributed by atoms with Crippen LogP contribution in [0.1, 0.15) is 5.69 Å². The van der Waals surface area contributed by atoms with E-state index in [-0.39, 0.29) is 0 Å². The largest absolute Gasteiger partial charge is 0.481 e. The number of rotatable bonds is 3. The molecule has 0 unspecified atom stereocenters. The van der Waals surface area contributed by atoms with Crippen molar-refractivity contribution in [2.45, 2.75) is 17.0 Å². The van der Waals surface area contributed by atoms with Gasteiger partial charge in [-0.3, -0.25) is 0 Å². The van der Waals surface area contributed by atoms with Gasteiger partial charge in [0.25, 0.3) is 0 Å². The first kappa shape index (κ1) is 11.7. The van der Waals surface area contributed by atoms with Crippen molar-refractivity contribution in [1.29, 1.82) is 0 Å². The van der Waals surface area contributed by atoms with Gasteiger partial charge in [-0.25, -0.2) is 4.98 Å². The van der Waals surface area contributed by atoms with E-state index < -0.39 is 0 Å². The Morgan fingerprint density at radius 3 is 2.53 bits per heavy atom. The summed E-state index contributed by atoms with van der Waals surface area (Å²) in [5.41, 5.74) is 7.26. The molecule has 1 aromatic carbocycles. The monoisotopic (exact) mass is 247 g/mol. The fourth-order valence-corrected chi connectivity index (χ4v) is 2.11. The van der Waals surface area contributed by atoms with Crippen LogP contribution in [0.25, 0.3) is 0 Å². The Morgan fingerprint density at radius 1 is 1.18 bits per heavy atom. The second kappa shape index (κ2) is 5.05. The molecule has 17 heavy (non-hydrogen) atoms. The molecule has 0 spiro atoms. The van der Waals surface area contributed by atoms with Crippen LogP contribution < -0.4 is 10.5 Å². The van der Waals surface area contributed by atoms with Crippen molar-refractivity contribution in [3.8, 4) is 5.88 Å². The molecule has 1 aromatic heterocycles. The van der Waals surface area contributed by atoms with Gasteiger partial charge < -0.3 is 10.5 Å². The quantitative estimate of drug-likeness (QED) is 0.667. The molecule has 0 saturated carbocycles. The van der Waals surface area contributed by atoms with Crippen LogP contribution in [0.15, 0.2) is 40.4 Å². The Bertz CT molecular complexity index is 514. The molecule has 2 N–H and O–H groups in total. The summed E-state index contributed by atoms with van der Waals surface area (Å²) in [5.74, 6) is 0.579. The lowest BCUT2D eigenvalue weighted by atomic mass is 10.3. The number of aromatic nitrogens is 2. The summed E-state index contributed by atoms with van der Waals surface area (Å²) >= 11 is 1.48. The Labute approximate surface area is 104 Å². The maximum atomic E-state index is 5.63. The Morgan fingerprint density at radius 2 is 1.88 bits per heavy atom. The normalized spacial score (nSPS) is 10.2. The molecule has 0 aliphatic carbocycles. The van der Waals surface area contributed by atoms with Crippen molar-refractivity contribution in [2.24, 2.45) is 0 Å². The van der Waals surface area contributed by atoms with Crippen molar-refractivity contribution in [1.82, 2.24) is 9.97 Å². The molecule has 0 fully saturated rings. The maximum Gasteiger partial charge on any atom is 0.217 e. The van der Waals surface area contributed by atoms with Gasteiger partial charge in [-0.2, -0.15) is 4.98 Å². The predicted molar refractivity (Wildman–Crippen MR) is 68.3 cm³/mol. The molecule has 0 atom stereocenters. The number of ether oxygens (including phenoxy) is 1. The number of nitrogens with zero attached hydrogens (tertiary/aromatic N) is 2. The van der Waals surface area contributed by atoms with Gasteiger partial charge in [0.1, 0.15) is 0 Å². The van der Waals surface area contributed by atoms with Gasteiger partial charge in [0.05, 0.1) is 7.11 Å². The van der Waals surface area contributed by atoms with Gasteiger partial charge in [0, 0.05) is 22.3 Å². The summed E-state index contributed by atoms with van der Waals surface area (Å²) in [5, 5.41) is 0.673. The highest BCUT2D eigenvalue weighted by Crippen LogP contribution is 2.26. The third kappa shape index (κ3) is 3.10. The summed E-state index contributed by atoms with van der Waals surface area (Å²) in [7, 11) is 1.60. The number of methoxy groups -OCH3 is 1. The number of nitrogen functional groups attached to an aromatic ring is 1. The molecule has 5 heteroatoms.